The number of hydrogen-bond acceptors (Lipinski definition) is 4. The van der Waals surface area contributed by atoms with E-state index in [9.17, 15) is 13.2 Å². The summed E-state index contributed by atoms with van der Waals surface area (Å²) in [4.78, 5) is 18.4. The van der Waals surface area contributed by atoms with Crippen LogP contribution in [0, 0.1) is 0 Å². The zero-order chi connectivity index (χ0) is 20.6. The molecule has 0 fully saturated rings. The van der Waals surface area contributed by atoms with Crippen molar-refractivity contribution in [3.63, 3.8) is 0 Å². The fourth-order valence-corrected chi connectivity index (χ4v) is 4.10. The van der Waals surface area contributed by atoms with E-state index in [4.69, 9.17) is 11.6 Å². The first-order chi connectivity index (χ1) is 13.1. The minimum absolute atomic E-state index is 0.0904. The van der Waals surface area contributed by atoms with Crippen LogP contribution in [-0.4, -0.2) is 54.2 Å². The fraction of sp³-hybridized carbons (Fsp3) is 0.263. The molecule has 0 aliphatic carbocycles. The number of sulfonamides is 1. The number of aryl methyl sites for hydroxylation is 1. The summed E-state index contributed by atoms with van der Waals surface area (Å²) in [6, 6.07) is 11.3. The number of fused-ring (bicyclic) bond motifs is 1. The van der Waals surface area contributed by atoms with Gasteiger partial charge in [0, 0.05) is 38.8 Å². The van der Waals surface area contributed by atoms with Gasteiger partial charge in [0.15, 0.2) is 0 Å². The summed E-state index contributed by atoms with van der Waals surface area (Å²) >= 11 is 5.84. The van der Waals surface area contributed by atoms with E-state index in [1.807, 2.05) is 17.7 Å². The van der Waals surface area contributed by atoms with Gasteiger partial charge in [-0.25, -0.2) is 13.4 Å². The van der Waals surface area contributed by atoms with Crippen LogP contribution in [-0.2, 0) is 23.6 Å². The molecule has 1 amide bonds. The molecular formula is C19H21ClN4O3S. The minimum atomic E-state index is -3.68. The Bertz CT molecular complexity index is 1140. The summed E-state index contributed by atoms with van der Waals surface area (Å²) in [7, 11) is 3.02. The summed E-state index contributed by atoms with van der Waals surface area (Å²) in [5.41, 5.74) is 1.99. The van der Waals surface area contributed by atoms with Gasteiger partial charge >= 0.3 is 0 Å². The largest absolute Gasteiger partial charge is 0.345 e. The molecule has 0 bridgehead atoms. The summed E-state index contributed by atoms with van der Waals surface area (Å²) in [5.74, 6) is 0.459. The SMILES string of the molecule is CN(C)C(=O)c1ccc2c(c1)nc(CN(C)S(=O)(=O)c1ccc(Cl)cc1)n2C. The Morgan fingerprint density at radius 2 is 1.75 bits per heavy atom. The van der Waals surface area contributed by atoms with Gasteiger partial charge in [-0.2, -0.15) is 4.31 Å². The molecule has 7 nitrogen and oxygen atoms in total. The van der Waals surface area contributed by atoms with Gasteiger partial charge in [-0.05, 0) is 42.5 Å². The highest BCUT2D eigenvalue weighted by atomic mass is 35.5. The zero-order valence-electron chi connectivity index (χ0n) is 16.0. The molecule has 9 heteroatoms. The van der Waals surface area contributed by atoms with Crippen LogP contribution < -0.4 is 0 Å². The predicted octanol–water partition coefficient (Wildman–Crippen LogP) is 2.75. The number of halogens is 1. The zero-order valence-corrected chi connectivity index (χ0v) is 17.6. The quantitative estimate of drug-likeness (QED) is 0.636. The monoisotopic (exact) mass is 420 g/mol. The van der Waals surface area contributed by atoms with E-state index in [0.29, 0.717) is 21.9 Å². The maximum atomic E-state index is 12.8. The van der Waals surface area contributed by atoms with Crippen molar-refractivity contribution in [2.45, 2.75) is 11.4 Å². The Hall–Kier alpha value is -2.42. The summed E-state index contributed by atoms with van der Waals surface area (Å²) in [5, 5.41) is 0.472. The number of carbonyl (C=O) groups is 1. The fourth-order valence-electron chi connectivity index (χ4n) is 2.85. The summed E-state index contributed by atoms with van der Waals surface area (Å²) in [6.07, 6.45) is 0. The number of nitrogens with zero attached hydrogens (tertiary/aromatic N) is 4. The van der Waals surface area contributed by atoms with Gasteiger partial charge in [0.05, 0.1) is 22.5 Å². The van der Waals surface area contributed by atoms with Crippen molar-refractivity contribution >= 4 is 38.6 Å². The van der Waals surface area contributed by atoms with Crippen molar-refractivity contribution < 1.29 is 13.2 Å². The van der Waals surface area contributed by atoms with E-state index in [2.05, 4.69) is 4.98 Å². The topological polar surface area (TPSA) is 75.5 Å². The Morgan fingerprint density at radius 1 is 1.11 bits per heavy atom. The Labute approximate surface area is 169 Å². The smallest absolute Gasteiger partial charge is 0.253 e. The van der Waals surface area contributed by atoms with Gasteiger partial charge in [-0.3, -0.25) is 4.79 Å². The van der Waals surface area contributed by atoms with Crippen LogP contribution in [0.2, 0.25) is 5.02 Å². The van der Waals surface area contributed by atoms with Crippen molar-refractivity contribution in [2.75, 3.05) is 21.1 Å². The highest BCUT2D eigenvalue weighted by Gasteiger charge is 2.23. The molecule has 1 heterocycles. The maximum Gasteiger partial charge on any atom is 0.253 e. The third-order valence-electron chi connectivity index (χ3n) is 4.51. The Balaban J connectivity index is 1.92. The number of aromatic nitrogens is 2. The van der Waals surface area contributed by atoms with Crippen LogP contribution in [0.15, 0.2) is 47.4 Å². The van der Waals surface area contributed by atoms with Crippen LogP contribution in [0.3, 0.4) is 0 Å². The summed E-state index contributed by atoms with van der Waals surface area (Å²) in [6.45, 7) is 0.0904. The summed E-state index contributed by atoms with van der Waals surface area (Å²) < 4.78 is 28.6. The lowest BCUT2D eigenvalue weighted by atomic mass is 10.2. The number of imidazole rings is 1. The van der Waals surface area contributed by atoms with Gasteiger partial charge in [-0.15, -0.1) is 0 Å². The predicted molar refractivity (Wildman–Crippen MR) is 109 cm³/mol. The van der Waals surface area contributed by atoms with Crippen LogP contribution in [0.25, 0.3) is 11.0 Å². The first-order valence-electron chi connectivity index (χ1n) is 8.50. The van der Waals surface area contributed by atoms with E-state index in [1.54, 1.807) is 38.4 Å². The van der Waals surface area contributed by atoms with Gasteiger partial charge in [0.1, 0.15) is 5.82 Å². The number of rotatable bonds is 5. The molecule has 3 rings (SSSR count). The molecule has 0 aliphatic heterocycles. The lowest BCUT2D eigenvalue weighted by molar-refractivity contribution is 0.0827. The van der Waals surface area contributed by atoms with Crippen LogP contribution >= 0.6 is 11.6 Å². The van der Waals surface area contributed by atoms with Crippen molar-refractivity contribution in [3.05, 3.63) is 58.9 Å². The molecule has 0 unspecified atom stereocenters. The van der Waals surface area contributed by atoms with E-state index < -0.39 is 10.0 Å². The molecule has 0 saturated carbocycles. The molecule has 28 heavy (non-hydrogen) atoms. The Kier molecular flexibility index (Phi) is 5.47. The van der Waals surface area contributed by atoms with Crippen LogP contribution in [0.5, 0.6) is 0 Å². The molecule has 0 saturated heterocycles. The number of carbonyl (C=O) groups excluding carboxylic acids is 1. The van der Waals surface area contributed by atoms with Gasteiger partial charge in [0.2, 0.25) is 10.0 Å². The second kappa shape index (κ2) is 7.54. The molecule has 0 radical (unpaired) electrons. The molecule has 0 atom stereocenters. The second-order valence-corrected chi connectivity index (χ2v) is 9.19. The van der Waals surface area contributed by atoms with Crippen LogP contribution in [0.1, 0.15) is 16.2 Å². The lowest BCUT2D eigenvalue weighted by Gasteiger charge is -2.17. The van der Waals surface area contributed by atoms with Crippen molar-refractivity contribution in [2.24, 2.45) is 7.05 Å². The van der Waals surface area contributed by atoms with E-state index in [0.717, 1.165) is 5.52 Å². The highest BCUT2D eigenvalue weighted by Crippen LogP contribution is 2.22. The number of hydrogen-bond donors (Lipinski definition) is 0. The first-order valence-corrected chi connectivity index (χ1v) is 10.3. The highest BCUT2D eigenvalue weighted by molar-refractivity contribution is 7.89. The normalized spacial score (nSPS) is 11.9. The number of amides is 1. The van der Waals surface area contributed by atoms with E-state index in [1.165, 1.54) is 28.4 Å². The molecule has 0 N–H and O–H groups in total. The second-order valence-electron chi connectivity index (χ2n) is 6.71. The van der Waals surface area contributed by atoms with Crippen molar-refractivity contribution in [1.29, 1.82) is 0 Å². The van der Waals surface area contributed by atoms with Gasteiger partial charge in [0.25, 0.3) is 5.91 Å². The molecule has 0 aliphatic rings. The third kappa shape index (κ3) is 3.76. The average molecular weight is 421 g/mol. The standard InChI is InChI=1S/C19H21ClN4O3S/c1-22(2)19(25)13-5-10-17-16(11-13)21-18(24(17)4)12-23(3)28(26,27)15-8-6-14(20)7-9-15/h5-11H,12H2,1-4H3. The van der Waals surface area contributed by atoms with E-state index >= 15 is 0 Å². The number of benzene rings is 2. The van der Waals surface area contributed by atoms with Gasteiger partial charge in [-0.1, -0.05) is 11.6 Å². The van der Waals surface area contributed by atoms with Crippen LogP contribution in [0.4, 0.5) is 0 Å². The maximum absolute atomic E-state index is 12.8. The van der Waals surface area contributed by atoms with E-state index in [-0.39, 0.29) is 17.3 Å². The molecule has 0 spiro atoms. The Morgan fingerprint density at radius 3 is 2.36 bits per heavy atom. The molecule has 148 valence electrons. The molecule has 3 aromatic rings. The third-order valence-corrected chi connectivity index (χ3v) is 6.58. The molecule has 2 aromatic carbocycles. The first kappa shape index (κ1) is 20.3. The molecule has 1 aromatic heterocycles. The van der Waals surface area contributed by atoms with Gasteiger partial charge < -0.3 is 9.47 Å². The average Bonchev–Trinajstić information content (AvgIpc) is 2.96. The van der Waals surface area contributed by atoms with Crippen molar-refractivity contribution in [1.82, 2.24) is 18.8 Å². The van der Waals surface area contributed by atoms with Crippen molar-refractivity contribution in [3.8, 4) is 0 Å². The lowest BCUT2D eigenvalue weighted by Crippen LogP contribution is -2.27. The minimum Gasteiger partial charge on any atom is -0.345 e. The molecular weight excluding hydrogens is 400 g/mol.